The minimum Gasteiger partial charge on any atom is -0.466 e. The van der Waals surface area contributed by atoms with Crippen molar-refractivity contribution in [2.75, 3.05) is 18.9 Å². The fraction of sp³-hybridized carbons (Fsp3) is 0.812. The van der Waals surface area contributed by atoms with Crippen molar-refractivity contribution in [2.24, 2.45) is 5.92 Å². The molecule has 1 atom stereocenters. The number of ether oxygens (including phenoxy) is 1. The molecule has 0 amide bonds. The molecule has 0 saturated heterocycles. The summed E-state index contributed by atoms with van der Waals surface area (Å²) >= 11 is 0. The van der Waals surface area contributed by atoms with Crippen molar-refractivity contribution < 1.29 is 14.6 Å². The van der Waals surface area contributed by atoms with Crippen molar-refractivity contribution in [3.8, 4) is 0 Å². The van der Waals surface area contributed by atoms with Crippen LogP contribution in [0.1, 0.15) is 142 Å². The van der Waals surface area contributed by atoms with Crippen LogP contribution in [0.2, 0.25) is 0 Å². The van der Waals surface area contributed by atoms with Gasteiger partial charge in [0.05, 0.1) is 12.9 Å². The molecule has 2 rings (SSSR count). The maximum absolute atomic E-state index is 12.1. The molecule has 234 valence electrons. The molecule has 41 heavy (non-hydrogen) atoms. The third-order valence-corrected chi connectivity index (χ3v) is 7.98. The van der Waals surface area contributed by atoms with Crippen molar-refractivity contribution in [1.29, 1.82) is 0 Å². The van der Waals surface area contributed by atoms with E-state index < -0.39 is 5.56 Å². The number of fused-ring (bicyclic) bond motifs is 1. The number of carbonyl (C=O) groups is 1. The van der Waals surface area contributed by atoms with Crippen LogP contribution >= 0.6 is 0 Å². The highest BCUT2D eigenvalue weighted by molar-refractivity contribution is 5.70. The van der Waals surface area contributed by atoms with Crippen molar-refractivity contribution >= 4 is 23.1 Å². The normalized spacial score (nSPS) is 12.2. The van der Waals surface area contributed by atoms with E-state index in [1.165, 1.54) is 115 Å². The number of nitrogens with zero attached hydrogens (tertiary/aromatic N) is 3. The van der Waals surface area contributed by atoms with Crippen LogP contribution in [-0.2, 0) is 16.1 Å². The topological polar surface area (TPSA) is 136 Å². The van der Waals surface area contributed by atoms with E-state index in [4.69, 9.17) is 10.5 Å². The molecule has 9 heteroatoms. The lowest BCUT2D eigenvalue weighted by Crippen LogP contribution is -2.19. The molecule has 1 unspecified atom stereocenters. The van der Waals surface area contributed by atoms with Gasteiger partial charge in [-0.15, -0.1) is 0 Å². The Labute approximate surface area is 247 Å². The van der Waals surface area contributed by atoms with Crippen molar-refractivity contribution in [2.45, 2.75) is 148 Å². The van der Waals surface area contributed by atoms with E-state index in [0.29, 0.717) is 25.0 Å². The number of unbranched alkanes of at least 4 members (excludes halogenated alkanes) is 18. The van der Waals surface area contributed by atoms with Crippen LogP contribution in [0.5, 0.6) is 0 Å². The SMILES string of the molecule is CCCCCCCCCCCCCCCCCCCCCC(=O)OCCC(CO)Cn1cnc2c(=O)[nH]c(N)nc21. The Morgan fingerprint density at radius 3 is 1.93 bits per heavy atom. The highest BCUT2D eigenvalue weighted by Gasteiger charge is 2.15. The molecule has 2 heterocycles. The minimum absolute atomic E-state index is 0.0218. The van der Waals surface area contributed by atoms with Gasteiger partial charge < -0.3 is 20.1 Å². The van der Waals surface area contributed by atoms with E-state index in [0.717, 1.165) is 12.8 Å². The smallest absolute Gasteiger partial charge is 0.305 e. The maximum atomic E-state index is 12.1. The fourth-order valence-electron chi connectivity index (χ4n) is 5.38. The van der Waals surface area contributed by atoms with E-state index in [-0.39, 0.29) is 36.6 Å². The third-order valence-electron chi connectivity index (χ3n) is 7.98. The molecule has 0 aliphatic rings. The Kier molecular flexibility index (Phi) is 18.8. The van der Waals surface area contributed by atoms with Gasteiger partial charge in [0.15, 0.2) is 11.2 Å². The number of carbonyl (C=O) groups excluding carboxylic acids is 1. The first kappa shape index (κ1) is 34.8. The fourth-order valence-corrected chi connectivity index (χ4v) is 5.38. The van der Waals surface area contributed by atoms with Crippen LogP contribution in [0.25, 0.3) is 11.2 Å². The van der Waals surface area contributed by atoms with Crippen LogP contribution in [0.3, 0.4) is 0 Å². The van der Waals surface area contributed by atoms with Gasteiger partial charge in [-0.05, 0) is 12.8 Å². The molecule has 0 aliphatic heterocycles. The number of aliphatic hydroxyl groups is 1. The summed E-state index contributed by atoms with van der Waals surface area (Å²) in [7, 11) is 0. The molecule has 0 bridgehead atoms. The maximum Gasteiger partial charge on any atom is 0.305 e. The number of nitrogen functional groups attached to an aromatic ring is 1. The second kappa shape index (κ2) is 22.2. The number of aromatic amines is 1. The van der Waals surface area contributed by atoms with Crippen molar-refractivity contribution in [3.05, 3.63) is 16.7 Å². The third kappa shape index (κ3) is 15.4. The highest BCUT2D eigenvalue weighted by atomic mass is 16.5. The minimum atomic E-state index is -0.393. The molecule has 2 aromatic rings. The molecular weight excluding hydrogens is 518 g/mol. The van der Waals surface area contributed by atoms with Crippen LogP contribution in [0.15, 0.2) is 11.1 Å². The monoisotopic (exact) mass is 575 g/mol. The van der Waals surface area contributed by atoms with Gasteiger partial charge in [-0.2, -0.15) is 4.98 Å². The van der Waals surface area contributed by atoms with Crippen LogP contribution in [-0.4, -0.2) is 43.8 Å². The molecule has 0 spiro atoms. The first-order valence-corrected chi connectivity index (χ1v) is 16.5. The predicted octanol–water partition coefficient (Wildman–Crippen LogP) is 7.07. The highest BCUT2D eigenvalue weighted by Crippen LogP contribution is 2.16. The Morgan fingerprint density at radius 2 is 1.41 bits per heavy atom. The lowest BCUT2D eigenvalue weighted by molar-refractivity contribution is -0.144. The van der Waals surface area contributed by atoms with Gasteiger partial charge in [0, 0.05) is 25.5 Å². The van der Waals surface area contributed by atoms with Crippen LogP contribution < -0.4 is 11.3 Å². The van der Waals surface area contributed by atoms with Gasteiger partial charge in [-0.3, -0.25) is 14.6 Å². The quantitative estimate of drug-likeness (QED) is 0.0806. The van der Waals surface area contributed by atoms with Gasteiger partial charge >= 0.3 is 5.97 Å². The number of esters is 1. The Bertz CT molecular complexity index is 1010. The van der Waals surface area contributed by atoms with Gasteiger partial charge in [0.25, 0.3) is 5.56 Å². The summed E-state index contributed by atoms with van der Waals surface area (Å²) in [5.74, 6) is -0.311. The summed E-state index contributed by atoms with van der Waals surface area (Å²) in [6.07, 6.45) is 27.7. The average molecular weight is 576 g/mol. The summed E-state index contributed by atoms with van der Waals surface area (Å²) in [5, 5.41) is 9.76. The van der Waals surface area contributed by atoms with E-state index >= 15 is 0 Å². The number of aromatic nitrogens is 4. The zero-order valence-electron chi connectivity index (χ0n) is 25.7. The van der Waals surface area contributed by atoms with E-state index in [2.05, 4.69) is 21.9 Å². The zero-order chi connectivity index (χ0) is 29.5. The lowest BCUT2D eigenvalue weighted by atomic mass is 10.0. The van der Waals surface area contributed by atoms with E-state index in [9.17, 15) is 14.7 Å². The van der Waals surface area contributed by atoms with Crippen molar-refractivity contribution in [1.82, 2.24) is 19.5 Å². The molecule has 0 aliphatic carbocycles. The summed E-state index contributed by atoms with van der Waals surface area (Å²) in [6, 6.07) is 0. The molecule has 0 saturated carbocycles. The number of imidazole rings is 1. The molecule has 2 aromatic heterocycles. The van der Waals surface area contributed by atoms with E-state index in [1.807, 2.05) is 0 Å². The van der Waals surface area contributed by atoms with Gasteiger partial charge in [0.2, 0.25) is 5.95 Å². The zero-order valence-corrected chi connectivity index (χ0v) is 25.7. The number of rotatable bonds is 26. The first-order chi connectivity index (χ1) is 20.0. The Morgan fingerprint density at radius 1 is 0.902 bits per heavy atom. The van der Waals surface area contributed by atoms with Crippen molar-refractivity contribution in [3.63, 3.8) is 0 Å². The van der Waals surface area contributed by atoms with Crippen LogP contribution in [0.4, 0.5) is 5.95 Å². The number of nitrogens with one attached hydrogen (secondary N) is 1. The van der Waals surface area contributed by atoms with Crippen LogP contribution in [0, 0.1) is 5.92 Å². The molecule has 0 fully saturated rings. The molecule has 0 radical (unpaired) electrons. The number of anilines is 1. The van der Waals surface area contributed by atoms with Gasteiger partial charge in [0.1, 0.15) is 0 Å². The molecule has 4 N–H and O–H groups in total. The van der Waals surface area contributed by atoms with Gasteiger partial charge in [-0.1, -0.05) is 122 Å². The summed E-state index contributed by atoms with van der Waals surface area (Å²) in [5.41, 5.74) is 5.84. The number of H-pyrrole nitrogens is 1. The largest absolute Gasteiger partial charge is 0.466 e. The number of aliphatic hydroxyl groups excluding tert-OH is 1. The van der Waals surface area contributed by atoms with Gasteiger partial charge in [-0.25, -0.2) is 4.98 Å². The Balaban J connectivity index is 1.38. The molecule has 0 aromatic carbocycles. The molecular formula is C32H57N5O4. The van der Waals surface area contributed by atoms with E-state index in [1.54, 1.807) is 4.57 Å². The lowest BCUT2D eigenvalue weighted by Gasteiger charge is -2.15. The molecule has 9 nitrogen and oxygen atoms in total. The number of hydrogen-bond donors (Lipinski definition) is 3. The summed E-state index contributed by atoms with van der Waals surface area (Å²) in [4.78, 5) is 34.7. The average Bonchev–Trinajstić information content (AvgIpc) is 3.36. The predicted molar refractivity (Wildman–Crippen MR) is 167 cm³/mol. The number of nitrogens with two attached hydrogens (primary N) is 1. The summed E-state index contributed by atoms with van der Waals surface area (Å²) < 4.78 is 7.09. The second-order valence-electron chi connectivity index (χ2n) is 11.7. The number of hydrogen-bond acceptors (Lipinski definition) is 7. The second-order valence-corrected chi connectivity index (χ2v) is 11.7. The first-order valence-electron chi connectivity index (χ1n) is 16.5. The Hall–Kier alpha value is -2.42. The summed E-state index contributed by atoms with van der Waals surface area (Å²) in [6.45, 7) is 2.86. The standard InChI is InChI=1S/C32H57N5O4/c1-2-3-4-5-6-7-8-9-10-11-12-13-14-15-16-17-18-19-20-21-28(39)41-23-22-27(25-38)24-37-26-34-29-30(37)35-32(33)36-31(29)40/h26-27,38H,2-25H2,1H3,(H3,33,35,36,40).